The van der Waals surface area contributed by atoms with Crippen molar-refractivity contribution in [3.8, 4) is 12.1 Å². The lowest BCUT2D eigenvalue weighted by Gasteiger charge is -1.96. The van der Waals surface area contributed by atoms with Gasteiger partial charge in [-0.2, -0.15) is 10.5 Å². The molecule has 13 heavy (non-hydrogen) atoms. The van der Waals surface area contributed by atoms with E-state index in [0.29, 0.717) is 0 Å². The number of benzene rings is 1. The maximum absolute atomic E-state index is 10.6. The Hall–Kier alpha value is -1.69. The monoisotopic (exact) mass is 192 g/mol. The molecule has 0 amide bonds. The predicted molar refractivity (Wildman–Crippen MR) is 44.9 cm³/mol. The Bertz CT molecular complexity index is 442. The molecule has 0 aromatic heterocycles. The molecule has 0 heterocycles. The number of hydrogen-bond donors (Lipinski definition) is 1. The van der Waals surface area contributed by atoms with Gasteiger partial charge in [-0.15, -0.1) is 0 Å². The molecule has 4 nitrogen and oxygen atoms in total. The van der Waals surface area contributed by atoms with Crippen molar-refractivity contribution in [3.05, 3.63) is 29.3 Å². The van der Waals surface area contributed by atoms with Gasteiger partial charge in [0.1, 0.15) is 12.1 Å². The van der Waals surface area contributed by atoms with Crippen LogP contribution >= 0.6 is 0 Å². The first kappa shape index (κ1) is 9.40. The fourth-order valence-electron chi connectivity index (χ4n) is 0.822. The zero-order chi connectivity index (χ0) is 9.84. The van der Waals surface area contributed by atoms with Gasteiger partial charge in [-0.25, -0.2) is 4.21 Å². The first-order valence-corrected chi connectivity index (χ1v) is 4.35. The van der Waals surface area contributed by atoms with Crippen LogP contribution in [0, 0.1) is 22.7 Å². The van der Waals surface area contributed by atoms with Crippen LogP contribution in [0.1, 0.15) is 11.1 Å². The third-order valence-corrected chi connectivity index (χ3v) is 2.09. The van der Waals surface area contributed by atoms with Crippen LogP contribution in [0.3, 0.4) is 0 Å². The van der Waals surface area contributed by atoms with Gasteiger partial charge in [0.2, 0.25) is 0 Å². The van der Waals surface area contributed by atoms with E-state index in [-0.39, 0.29) is 16.0 Å². The van der Waals surface area contributed by atoms with E-state index in [0.717, 1.165) is 0 Å². The highest BCUT2D eigenvalue weighted by Crippen LogP contribution is 2.12. The van der Waals surface area contributed by atoms with E-state index in [2.05, 4.69) is 0 Å². The molecule has 0 bridgehead atoms. The van der Waals surface area contributed by atoms with E-state index in [4.69, 9.17) is 15.1 Å². The van der Waals surface area contributed by atoms with E-state index >= 15 is 0 Å². The van der Waals surface area contributed by atoms with Crippen molar-refractivity contribution in [2.75, 3.05) is 0 Å². The third-order valence-electron chi connectivity index (χ3n) is 1.43. The van der Waals surface area contributed by atoms with E-state index in [1.54, 1.807) is 6.07 Å². The van der Waals surface area contributed by atoms with Crippen molar-refractivity contribution >= 4 is 11.1 Å². The first-order valence-electron chi connectivity index (χ1n) is 3.24. The Morgan fingerprint density at radius 3 is 2.31 bits per heavy atom. The van der Waals surface area contributed by atoms with Crippen molar-refractivity contribution in [2.45, 2.75) is 4.90 Å². The summed E-state index contributed by atoms with van der Waals surface area (Å²) >= 11 is -2.11. The quantitative estimate of drug-likeness (QED) is 0.673. The fraction of sp³-hybridized carbons (Fsp3) is 0. The summed E-state index contributed by atoms with van der Waals surface area (Å²) in [5.41, 5.74) is 0.319. The van der Waals surface area contributed by atoms with Crippen LogP contribution in [-0.4, -0.2) is 8.76 Å². The van der Waals surface area contributed by atoms with Gasteiger partial charge in [0.15, 0.2) is 11.1 Å². The van der Waals surface area contributed by atoms with Crippen LogP contribution in [0.4, 0.5) is 0 Å². The highest BCUT2D eigenvalue weighted by Gasteiger charge is 2.05. The maximum Gasteiger partial charge on any atom is 0.186 e. The standard InChI is InChI=1S/C8H4N2O2S/c9-4-6-1-2-8(13(11)12)3-7(6)5-10/h1-3H,(H,11,12). The molecule has 0 aliphatic heterocycles. The van der Waals surface area contributed by atoms with Gasteiger partial charge in [-0.05, 0) is 18.2 Å². The molecular formula is C8H4N2O2S. The van der Waals surface area contributed by atoms with Crippen LogP contribution in [0.15, 0.2) is 23.1 Å². The summed E-state index contributed by atoms with van der Waals surface area (Å²) in [6, 6.07) is 7.51. The number of nitrogens with zero attached hydrogens (tertiary/aromatic N) is 2. The number of hydrogen-bond acceptors (Lipinski definition) is 3. The van der Waals surface area contributed by atoms with E-state index < -0.39 is 11.1 Å². The second kappa shape index (κ2) is 3.81. The maximum atomic E-state index is 10.6. The molecule has 0 aliphatic carbocycles. The summed E-state index contributed by atoms with van der Waals surface area (Å²) in [6.07, 6.45) is 0. The van der Waals surface area contributed by atoms with Crippen LogP contribution in [-0.2, 0) is 11.1 Å². The topological polar surface area (TPSA) is 84.9 Å². The normalized spacial score (nSPS) is 11.3. The second-order valence-corrected chi connectivity index (χ2v) is 3.15. The van der Waals surface area contributed by atoms with Crippen LogP contribution < -0.4 is 0 Å². The lowest BCUT2D eigenvalue weighted by Crippen LogP contribution is -1.91. The highest BCUT2D eigenvalue weighted by molar-refractivity contribution is 7.79. The van der Waals surface area contributed by atoms with E-state index in [1.807, 2.05) is 6.07 Å². The zero-order valence-corrected chi connectivity index (χ0v) is 7.21. The minimum atomic E-state index is -2.11. The van der Waals surface area contributed by atoms with Crippen molar-refractivity contribution < 1.29 is 8.76 Å². The van der Waals surface area contributed by atoms with E-state index in [9.17, 15) is 4.21 Å². The van der Waals surface area contributed by atoms with Crippen LogP contribution in [0.25, 0.3) is 0 Å². The third kappa shape index (κ3) is 1.91. The zero-order valence-electron chi connectivity index (χ0n) is 6.39. The summed E-state index contributed by atoms with van der Waals surface area (Å²) in [7, 11) is 0. The largest absolute Gasteiger partial charge is 0.302 e. The second-order valence-electron chi connectivity index (χ2n) is 2.18. The van der Waals surface area contributed by atoms with Crippen LogP contribution in [0.5, 0.6) is 0 Å². The molecule has 1 unspecified atom stereocenters. The summed E-state index contributed by atoms with van der Waals surface area (Å²) in [5, 5.41) is 17.1. The molecule has 0 saturated carbocycles. The smallest absolute Gasteiger partial charge is 0.186 e. The molecule has 1 aromatic carbocycles. The van der Waals surface area contributed by atoms with Gasteiger partial charge in [0.25, 0.3) is 0 Å². The lowest BCUT2D eigenvalue weighted by molar-refractivity contribution is 0.564. The Morgan fingerprint density at radius 1 is 1.23 bits per heavy atom. The molecule has 0 aliphatic rings. The summed E-state index contributed by atoms with van der Waals surface area (Å²) in [4.78, 5) is 0.121. The highest BCUT2D eigenvalue weighted by atomic mass is 32.2. The first-order chi connectivity index (χ1) is 6.19. The Kier molecular flexibility index (Phi) is 2.76. The number of nitriles is 2. The van der Waals surface area contributed by atoms with Gasteiger partial charge >= 0.3 is 0 Å². The van der Waals surface area contributed by atoms with Crippen molar-refractivity contribution in [2.24, 2.45) is 0 Å². The summed E-state index contributed by atoms with van der Waals surface area (Å²) < 4.78 is 19.3. The van der Waals surface area contributed by atoms with Crippen molar-refractivity contribution in [1.29, 1.82) is 10.5 Å². The molecule has 5 heteroatoms. The van der Waals surface area contributed by atoms with Gasteiger partial charge in [0, 0.05) is 0 Å². The molecule has 0 fully saturated rings. The molecule has 64 valence electrons. The average molecular weight is 192 g/mol. The predicted octanol–water partition coefficient (Wildman–Crippen LogP) is 1.01. The van der Waals surface area contributed by atoms with Gasteiger partial charge in [-0.3, -0.25) is 0 Å². The Balaban J connectivity index is 3.33. The average Bonchev–Trinajstić information content (AvgIpc) is 2.16. The molecule has 0 spiro atoms. The molecule has 1 rings (SSSR count). The molecule has 0 radical (unpaired) electrons. The summed E-state index contributed by atoms with van der Waals surface area (Å²) in [6.45, 7) is 0. The SMILES string of the molecule is N#Cc1ccc(S(=O)O)cc1C#N. The minimum absolute atomic E-state index is 0.113. The lowest BCUT2D eigenvalue weighted by atomic mass is 10.1. The minimum Gasteiger partial charge on any atom is -0.302 e. The molecule has 0 saturated heterocycles. The van der Waals surface area contributed by atoms with Crippen molar-refractivity contribution in [3.63, 3.8) is 0 Å². The number of rotatable bonds is 1. The van der Waals surface area contributed by atoms with Crippen molar-refractivity contribution in [1.82, 2.24) is 0 Å². The molecule has 1 atom stereocenters. The Morgan fingerprint density at radius 2 is 1.85 bits per heavy atom. The molecule has 1 N–H and O–H groups in total. The van der Waals surface area contributed by atoms with Gasteiger partial charge in [0.05, 0.1) is 16.0 Å². The van der Waals surface area contributed by atoms with Crippen LogP contribution in [0.2, 0.25) is 0 Å². The van der Waals surface area contributed by atoms with Gasteiger partial charge in [-0.1, -0.05) is 0 Å². The summed E-state index contributed by atoms with van der Waals surface area (Å²) in [5.74, 6) is 0. The van der Waals surface area contributed by atoms with E-state index in [1.165, 1.54) is 18.2 Å². The van der Waals surface area contributed by atoms with Gasteiger partial charge < -0.3 is 4.55 Å². The molecular weight excluding hydrogens is 188 g/mol. The fourth-order valence-corrected chi connectivity index (χ4v) is 1.23. The Labute approximate surface area is 77.3 Å². The molecule has 1 aromatic rings.